The van der Waals surface area contributed by atoms with Gasteiger partial charge in [-0.25, -0.2) is 0 Å². The van der Waals surface area contributed by atoms with Crippen LogP contribution in [0.15, 0.2) is 0 Å². The van der Waals surface area contributed by atoms with Crippen molar-refractivity contribution in [2.45, 2.75) is 46.5 Å². The molecule has 0 heterocycles. The Morgan fingerprint density at radius 3 is 2.17 bits per heavy atom. The minimum Gasteiger partial charge on any atom is -0.384 e. The standard InChI is InChI=1S/C16H30O2/c1-15(2)13-7-6-12(14(15)8-13)9-16(3,10-17-4)11-18-5/h12-14H,6-11H2,1-5H3. The quantitative estimate of drug-likeness (QED) is 0.719. The van der Waals surface area contributed by atoms with Crippen LogP contribution in [0.5, 0.6) is 0 Å². The Labute approximate surface area is 112 Å². The van der Waals surface area contributed by atoms with E-state index in [1.165, 1.54) is 25.7 Å². The molecule has 0 aliphatic heterocycles. The van der Waals surface area contributed by atoms with Crippen molar-refractivity contribution in [1.82, 2.24) is 0 Å². The normalized spacial score (nSPS) is 34.2. The molecule has 0 aromatic heterocycles. The van der Waals surface area contributed by atoms with E-state index < -0.39 is 0 Å². The predicted molar refractivity (Wildman–Crippen MR) is 74.6 cm³/mol. The number of fused-ring (bicyclic) bond motifs is 2. The Morgan fingerprint density at radius 2 is 1.72 bits per heavy atom. The van der Waals surface area contributed by atoms with Gasteiger partial charge in [-0.1, -0.05) is 20.8 Å². The van der Waals surface area contributed by atoms with Gasteiger partial charge in [-0.05, 0) is 48.9 Å². The fourth-order valence-corrected chi connectivity index (χ4v) is 4.70. The van der Waals surface area contributed by atoms with Gasteiger partial charge in [0.2, 0.25) is 0 Å². The smallest absolute Gasteiger partial charge is 0.0538 e. The topological polar surface area (TPSA) is 18.5 Å². The van der Waals surface area contributed by atoms with Crippen LogP contribution in [0.1, 0.15) is 46.5 Å². The lowest BCUT2D eigenvalue weighted by Gasteiger charge is -2.61. The first-order valence-electron chi connectivity index (χ1n) is 7.41. The van der Waals surface area contributed by atoms with E-state index in [0.29, 0.717) is 5.41 Å². The highest BCUT2D eigenvalue weighted by Crippen LogP contribution is 2.62. The maximum Gasteiger partial charge on any atom is 0.0538 e. The summed E-state index contributed by atoms with van der Waals surface area (Å²) < 4.78 is 10.8. The maximum absolute atomic E-state index is 5.42. The van der Waals surface area contributed by atoms with Gasteiger partial charge in [-0.3, -0.25) is 0 Å². The molecule has 3 rings (SSSR count). The fraction of sp³-hybridized carbons (Fsp3) is 1.00. The average molecular weight is 254 g/mol. The fourth-order valence-electron chi connectivity index (χ4n) is 4.70. The molecule has 0 aromatic rings. The molecule has 3 fully saturated rings. The minimum atomic E-state index is 0.187. The zero-order chi connectivity index (χ0) is 13.4. The van der Waals surface area contributed by atoms with Crippen molar-refractivity contribution < 1.29 is 9.47 Å². The van der Waals surface area contributed by atoms with Crippen molar-refractivity contribution >= 4 is 0 Å². The molecule has 3 saturated carbocycles. The van der Waals surface area contributed by atoms with Crippen LogP contribution in [0.2, 0.25) is 0 Å². The van der Waals surface area contributed by atoms with Crippen molar-refractivity contribution in [1.29, 1.82) is 0 Å². The van der Waals surface area contributed by atoms with Crippen LogP contribution in [0.25, 0.3) is 0 Å². The highest BCUT2D eigenvalue weighted by Gasteiger charge is 2.54. The van der Waals surface area contributed by atoms with E-state index in [4.69, 9.17) is 9.47 Å². The van der Waals surface area contributed by atoms with Crippen LogP contribution < -0.4 is 0 Å². The van der Waals surface area contributed by atoms with Crippen molar-refractivity contribution in [3.8, 4) is 0 Å². The lowest BCUT2D eigenvalue weighted by molar-refractivity contribution is -0.123. The molecule has 3 aliphatic rings. The number of hydrogen-bond acceptors (Lipinski definition) is 2. The molecule has 18 heavy (non-hydrogen) atoms. The molecule has 2 heteroatoms. The van der Waals surface area contributed by atoms with E-state index in [1.54, 1.807) is 14.2 Å². The van der Waals surface area contributed by atoms with E-state index in [9.17, 15) is 0 Å². The first-order valence-corrected chi connectivity index (χ1v) is 7.41. The van der Waals surface area contributed by atoms with E-state index in [-0.39, 0.29) is 5.41 Å². The third kappa shape index (κ3) is 2.46. The summed E-state index contributed by atoms with van der Waals surface area (Å²) >= 11 is 0. The molecule has 3 atom stereocenters. The maximum atomic E-state index is 5.42. The molecular formula is C16H30O2. The molecule has 2 bridgehead atoms. The van der Waals surface area contributed by atoms with Crippen molar-refractivity contribution in [2.24, 2.45) is 28.6 Å². The van der Waals surface area contributed by atoms with Crippen molar-refractivity contribution in [3.05, 3.63) is 0 Å². The van der Waals surface area contributed by atoms with Gasteiger partial charge in [0.25, 0.3) is 0 Å². The molecule has 3 aliphatic carbocycles. The summed E-state index contributed by atoms with van der Waals surface area (Å²) in [5.74, 6) is 2.81. The van der Waals surface area contributed by atoms with Gasteiger partial charge in [0.05, 0.1) is 13.2 Å². The summed E-state index contributed by atoms with van der Waals surface area (Å²) in [7, 11) is 3.61. The average Bonchev–Trinajstić information content (AvgIpc) is 2.29. The third-order valence-corrected chi connectivity index (χ3v) is 5.74. The highest BCUT2D eigenvalue weighted by molar-refractivity contribution is 5.04. The summed E-state index contributed by atoms with van der Waals surface area (Å²) in [6.07, 6.45) is 5.58. The summed E-state index contributed by atoms with van der Waals surface area (Å²) in [5.41, 5.74) is 0.774. The SMILES string of the molecule is COCC(C)(COC)CC1CCC2CC1C2(C)C. The Bertz CT molecular complexity index is 277. The second kappa shape index (κ2) is 5.13. The summed E-state index contributed by atoms with van der Waals surface area (Å²) in [6, 6.07) is 0. The number of hydrogen-bond donors (Lipinski definition) is 0. The molecule has 0 radical (unpaired) electrons. The minimum absolute atomic E-state index is 0.187. The first-order chi connectivity index (χ1) is 8.43. The second-order valence-corrected chi connectivity index (χ2v) is 7.58. The Hall–Kier alpha value is -0.0800. The molecule has 0 spiro atoms. The van der Waals surface area contributed by atoms with E-state index in [2.05, 4.69) is 20.8 Å². The summed E-state index contributed by atoms with van der Waals surface area (Å²) in [6.45, 7) is 8.89. The van der Waals surface area contributed by atoms with Crippen molar-refractivity contribution in [3.63, 3.8) is 0 Å². The molecule has 0 N–H and O–H groups in total. The van der Waals surface area contributed by atoms with Crippen molar-refractivity contribution in [2.75, 3.05) is 27.4 Å². The van der Waals surface area contributed by atoms with Gasteiger partial charge in [-0.15, -0.1) is 0 Å². The first kappa shape index (κ1) is 14.3. The zero-order valence-corrected chi connectivity index (χ0v) is 12.8. The predicted octanol–water partition coefficient (Wildman–Crippen LogP) is 3.75. The largest absolute Gasteiger partial charge is 0.384 e. The van der Waals surface area contributed by atoms with Crippen LogP contribution in [-0.2, 0) is 9.47 Å². The van der Waals surface area contributed by atoms with Gasteiger partial charge in [0, 0.05) is 19.6 Å². The Morgan fingerprint density at radius 1 is 1.11 bits per heavy atom. The lowest BCUT2D eigenvalue weighted by Crippen LogP contribution is -2.53. The molecule has 3 unspecified atom stereocenters. The number of rotatable bonds is 6. The lowest BCUT2D eigenvalue weighted by atomic mass is 9.44. The Balaban J connectivity index is 1.99. The van der Waals surface area contributed by atoms with Crippen LogP contribution in [0, 0.1) is 28.6 Å². The summed E-state index contributed by atoms with van der Waals surface area (Å²) in [4.78, 5) is 0. The molecule has 0 amide bonds. The third-order valence-electron chi connectivity index (χ3n) is 5.74. The molecule has 0 saturated heterocycles. The number of methoxy groups -OCH3 is 2. The second-order valence-electron chi connectivity index (χ2n) is 7.58. The molecule has 106 valence electrons. The van der Waals surface area contributed by atoms with Crippen LogP contribution in [-0.4, -0.2) is 27.4 Å². The zero-order valence-electron chi connectivity index (χ0n) is 12.8. The van der Waals surface area contributed by atoms with Gasteiger partial charge in [-0.2, -0.15) is 0 Å². The van der Waals surface area contributed by atoms with E-state index in [0.717, 1.165) is 31.0 Å². The van der Waals surface area contributed by atoms with Gasteiger partial charge in [0.1, 0.15) is 0 Å². The van der Waals surface area contributed by atoms with Crippen LogP contribution in [0.3, 0.4) is 0 Å². The van der Waals surface area contributed by atoms with E-state index >= 15 is 0 Å². The Kier molecular flexibility index (Phi) is 4.08. The van der Waals surface area contributed by atoms with Crippen LogP contribution >= 0.6 is 0 Å². The van der Waals surface area contributed by atoms with Crippen LogP contribution in [0.4, 0.5) is 0 Å². The summed E-state index contributed by atoms with van der Waals surface area (Å²) in [5, 5.41) is 0. The van der Waals surface area contributed by atoms with E-state index in [1.807, 2.05) is 0 Å². The molecule has 2 nitrogen and oxygen atoms in total. The van der Waals surface area contributed by atoms with Gasteiger partial charge < -0.3 is 9.47 Å². The number of ether oxygens (including phenoxy) is 2. The molecule has 0 aromatic carbocycles. The monoisotopic (exact) mass is 254 g/mol. The highest BCUT2D eigenvalue weighted by atomic mass is 16.5. The van der Waals surface area contributed by atoms with Gasteiger partial charge in [0.15, 0.2) is 0 Å². The van der Waals surface area contributed by atoms with Gasteiger partial charge >= 0.3 is 0 Å². The molecular weight excluding hydrogens is 224 g/mol.